The highest BCUT2D eigenvalue weighted by Gasteiger charge is 2.36. The van der Waals surface area contributed by atoms with E-state index in [-0.39, 0.29) is 5.54 Å². The molecule has 1 rings (SSSR count). The van der Waals surface area contributed by atoms with Crippen LogP contribution in [0.25, 0.3) is 0 Å². The van der Waals surface area contributed by atoms with Gasteiger partial charge >= 0.3 is 0 Å². The number of nitrogens with one attached hydrogen (secondary N) is 1. The van der Waals surface area contributed by atoms with Crippen LogP contribution in [0, 0.1) is 0 Å². The standard InChI is InChI=1S/C17H31BrN2S/c1-6-10-19-16(12-15-11-14(18)13-21-15)17(5,7-2)20(8-3)9-4/h11,13,16,19H,6-10,12H2,1-5H3. The van der Waals surface area contributed by atoms with Crippen LogP contribution >= 0.6 is 27.3 Å². The molecule has 1 heterocycles. The van der Waals surface area contributed by atoms with Crippen LogP contribution in [0.5, 0.6) is 0 Å². The number of halogens is 1. The lowest BCUT2D eigenvalue weighted by molar-refractivity contribution is 0.0704. The molecule has 0 fully saturated rings. The van der Waals surface area contributed by atoms with E-state index in [0.717, 1.165) is 26.1 Å². The zero-order valence-electron chi connectivity index (χ0n) is 14.2. The predicted octanol–water partition coefficient (Wildman–Crippen LogP) is 4.93. The van der Waals surface area contributed by atoms with Crippen LogP contribution in [0.2, 0.25) is 0 Å². The van der Waals surface area contributed by atoms with Crippen LogP contribution in [-0.4, -0.2) is 36.1 Å². The summed E-state index contributed by atoms with van der Waals surface area (Å²) in [6, 6.07) is 2.76. The Balaban J connectivity index is 2.96. The highest BCUT2D eigenvalue weighted by molar-refractivity contribution is 9.10. The molecule has 0 spiro atoms. The van der Waals surface area contributed by atoms with Crippen LogP contribution in [0.15, 0.2) is 15.9 Å². The molecule has 0 aliphatic carbocycles. The Kier molecular flexibility index (Phi) is 8.47. The monoisotopic (exact) mass is 374 g/mol. The largest absolute Gasteiger partial charge is 0.312 e. The van der Waals surface area contributed by atoms with Gasteiger partial charge in [0.25, 0.3) is 0 Å². The molecule has 4 heteroatoms. The van der Waals surface area contributed by atoms with Crippen molar-refractivity contribution in [3.8, 4) is 0 Å². The van der Waals surface area contributed by atoms with Gasteiger partial charge in [0.2, 0.25) is 0 Å². The Hall–Kier alpha value is 0.1000. The minimum atomic E-state index is 0.204. The van der Waals surface area contributed by atoms with Gasteiger partial charge in [0, 0.05) is 26.3 Å². The quantitative estimate of drug-likeness (QED) is 0.624. The van der Waals surface area contributed by atoms with E-state index >= 15 is 0 Å². The molecule has 2 unspecified atom stereocenters. The first-order valence-electron chi connectivity index (χ1n) is 8.23. The summed E-state index contributed by atoms with van der Waals surface area (Å²) in [4.78, 5) is 4.07. The second-order valence-electron chi connectivity index (χ2n) is 5.83. The molecule has 1 aromatic rings. The van der Waals surface area contributed by atoms with Crippen molar-refractivity contribution in [2.24, 2.45) is 0 Å². The highest BCUT2D eigenvalue weighted by Crippen LogP contribution is 2.29. The second kappa shape index (κ2) is 9.29. The number of hydrogen-bond donors (Lipinski definition) is 1. The summed E-state index contributed by atoms with van der Waals surface area (Å²) in [5.41, 5.74) is 0.204. The van der Waals surface area contributed by atoms with E-state index in [1.165, 1.54) is 22.2 Å². The molecule has 0 aromatic carbocycles. The van der Waals surface area contributed by atoms with Gasteiger partial charge in [-0.1, -0.05) is 27.7 Å². The van der Waals surface area contributed by atoms with Gasteiger partial charge < -0.3 is 5.32 Å². The van der Waals surface area contributed by atoms with Crippen molar-refractivity contribution in [2.75, 3.05) is 19.6 Å². The number of rotatable bonds is 10. The van der Waals surface area contributed by atoms with E-state index < -0.39 is 0 Å². The molecule has 122 valence electrons. The third kappa shape index (κ3) is 5.05. The molecule has 0 bridgehead atoms. The molecule has 2 nitrogen and oxygen atoms in total. The van der Waals surface area contributed by atoms with Gasteiger partial charge in [-0.05, 0) is 67.8 Å². The summed E-state index contributed by atoms with van der Waals surface area (Å²) in [5, 5.41) is 6.00. The van der Waals surface area contributed by atoms with Crippen molar-refractivity contribution < 1.29 is 0 Å². The molecule has 1 N–H and O–H groups in total. The molecule has 0 amide bonds. The van der Waals surface area contributed by atoms with E-state index in [4.69, 9.17) is 0 Å². The number of thiophene rings is 1. The van der Waals surface area contributed by atoms with Crippen molar-refractivity contribution in [1.29, 1.82) is 0 Å². The first kappa shape index (κ1) is 19.1. The predicted molar refractivity (Wildman–Crippen MR) is 99.4 cm³/mol. The van der Waals surface area contributed by atoms with E-state index in [0.29, 0.717) is 6.04 Å². The van der Waals surface area contributed by atoms with Gasteiger partial charge in [-0.25, -0.2) is 0 Å². The van der Waals surface area contributed by atoms with Crippen LogP contribution in [0.3, 0.4) is 0 Å². The van der Waals surface area contributed by atoms with Gasteiger partial charge in [-0.3, -0.25) is 4.90 Å². The number of likely N-dealkylation sites (N-methyl/N-ethyl adjacent to an activating group) is 1. The first-order valence-corrected chi connectivity index (χ1v) is 9.90. The molecular weight excluding hydrogens is 344 g/mol. The Labute approximate surface area is 143 Å². The normalized spacial score (nSPS) is 16.1. The summed E-state index contributed by atoms with van der Waals surface area (Å²) in [6.45, 7) is 14.9. The minimum Gasteiger partial charge on any atom is -0.312 e. The van der Waals surface area contributed by atoms with Gasteiger partial charge in [0.15, 0.2) is 0 Å². The lowest BCUT2D eigenvalue weighted by Gasteiger charge is -2.46. The maximum absolute atomic E-state index is 3.82. The fourth-order valence-corrected chi connectivity index (χ4v) is 4.63. The van der Waals surface area contributed by atoms with Crippen molar-refractivity contribution in [1.82, 2.24) is 10.2 Å². The average molecular weight is 375 g/mol. The zero-order valence-corrected chi connectivity index (χ0v) is 16.6. The van der Waals surface area contributed by atoms with Crippen LogP contribution in [-0.2, 0) is 6.42 Å². The van der Waals surface area contributed by atoms with E-state index in [2.05, 4.69) is 72.2 Å². The highest BCUT2D eigenvalue weighted by atomic mass is 79.9. The summed E-state index contributed by atoms with van der Waals surface area (Å²) >= 11 is 5.44. The Morgan fingerprint density at radius 3 is 2.38 bits per heavy atom. The molecule has 21 heavy (non-hydrogen) atoms. The van der Waals surface area contributed by atoms with Crippen LogP contribution in [0.1, 0.15) is 52.3 Å². The van der Waals surface area contributed by atoms with Crippen molar-refractivity contribution in [3.63, 3.8) is 0 Å². The van der Waals surface area contributed by atoms with Crippen molar-refractivity contribution in [2.45, 2.75) is 65.5 Å². The molecule has 0 saturated heterocycles. The topological polar surface area (TPSA) is 15.3 Å². The maximum atomic E-state index is 3.82. The average Bonchev–Trinajstić information content (AvgIpc) is 2.89. The lowest BCUT2D eigenvalue weighted by atomic mass is 9.84. The Morgan fingerprint density at radius 1 is 1.29 bits per heavy atom. The third-order valence-corrected chi connectivity index (χ3v) is 6.34. The van der Waals surface area contributed by atoms with Crippen LogP contribution in [0.4, 0.5) is 0 Å². The fraction of sp³-hybridized carbons (Fsp3) is 0.765. The van der Waals surface area contributed by atoms with E-state index in [1.807, 2.05) is 11.3 Å². The number of hydrogen-bond acceptors (Lipinski definition) is 3. The Bertz CT molecular complexity index is 403. The zero-order chi connectivity index (χ0) is 15.9. The summed E-state index contributed by atoms with van der Waals surface area (Å²) in [5.74, 6) is 0. The molecule has 0 aliphatic heterocycles. The van der Waals surface area contributed by atoms with Gasteiger partial charge in [0.1, 0.15) is 0 Å². The molecule has 0 radical (unpaired) electrons. The molecular formula is C17H31BrN2S. The van der Waals surface area contributed by atoms with Gasteiger partial charge in [0.05, 0.1) is 0 Å². The lowest BCUT2D eigenvalue weighted by Crippen LogP contribution is -2.60. The molecule has 0 aliphatic rings. The SMILES string of the molecule is CCCNC(Cc1cc(Br)cs1)C(C)(CC)N(CC)CC. The molecule has 0 saturated carbocycles. The van der Waals surface area contributed by atoms with Crippen molar-refractivity contribution >= 4 is 27.3 Å². The van der Waals surface area contributed by atoms with Crippen LogP contribution < -0.4 is 5.32 Å². The summed E-state index contributed by atoms with van der Waals surface area (Å²) < 4.78 is 1.21. The third-order valence-electron chi connectivity index (χ3n) is 4.62. The minimum absolute atomic E-state index is 0.204. The van der Waals surface area contributed by atoms with Gasteiger partial charge in [-0.2, -0.15) is 0 Å². The first-order chi connectivity index (χ1) is 10.0. The second-order valence-corrected chi connectivity index (χ2v) is 7.74. The maximum Gasteiger partial charge on any atom is 0.0335 e. The Morgan fingerprint density at radius 2 is 1.95 bits per heavy atom. The fourth-order valence-electron chi connectivity index (χ4n) is 3.13. The van der Waals surface area contributed by atoms with Crippen molar-refractivity contribution in [3.05, 3.63) is 20.8 Å². The van der Waals surface area contributed by atoms with E-state index in [1.54, 1.807) is 0 Å². The smallest absolute Gasteiger partial charge is 0.0335 e. The van der Waals surface area contributed by atoms with E-state index in [9.17, 15) is 0 Å². The molecule has 1 aromatic heterocycles. The van der Waals surface area contributed by atoms with Gasteiger partial charge in [-0.15, -0.1) is 11.3 Å². The number of nitrogens with zero attached hydrogens (tertiary/aromatic N) is 1. The summed E-state index contributed by atoms with van der Waals surface area (Å²) in [7, 11) is 0. The molecule has 2 atom stereocenters. The summed E-state index contributed by atoms with van der Waals surface area (Å²) in [6.07, 6.45) is 3.46.